The van der Waals surface area contributed by atoms with Gasteiger partial charge in [0.05, 0.1) is 0 Å². The number of rotatable bonds is 0. The summed E-state index contributed by atoms with van der Waals surface area (Å²) in [5, 5.41) is 0. The van der Waals surface area contributed by atoms with E-state index in [-0.39, 0.29) is 0 Å². The molecule has 4 atom stereocenters. The second kappa shape index (κ2) is 1.86. The van der Waals surface area contributed by atoms with Gasteiger partial charge in [0.15, 0.2) is 0 Å². The predicted octanol–water partition coefficient (Wildman–Crippen LogP) is 3.16. The lowest BCUT2D eigenvalue weighted by Gasteiger charge is -2.30. The molecule has 0 N–H and O–H groups in total. The fourth-order valence-corrected chi connectivity index (χ4v) is 3.87. The summed E-state index contributed by atoms with van der Waals surface area (Å²) < 4.78 is 0. The maximum absolute atomic E-state index is 2.47. The summed E-state index contributed by atoms with van der Waals surface area (Å²) in [4.78, 5) is 0. The highest BCUT2D eigenvalue weighted by molar-refractivity contribution is 5.31. The molecule has 3 aliphatic rings. The molecule has 1 saturated carbocycles. The van der Waals surface area contributed by atoms with Gasteiger partial charge >= 0.3 is 0 Å². The molecule has 0 amide bonds. The van der Waals surface area contributed by atoms with Gasteiger partial charge in [-0.1, -0.05) is 30.7 Å². The Labute approximate surface area is 74.4 Å². The quantitative estimate of drug-likeness (QED) is 0.477. The molecule has 3 aliphatic carbocycles. The smallest absolute Gasteiger partial charge is 0.00724 e. The standard InChI is InChI=1S/C12H16/c1-8-3-4-10-9-5-6-12(2,7-9)11(8)10/h3,5-6,9-11H,4,7H2,1-2H3. The molecule has 0 aromatic rings. The lowest BCUT2D eigenvalue weighted by Crippen LogP contribution is -2.23. The Morgan fingerprint density at radius 3 is 3.08 bits per heavy atom. The fourth-order valence-electron chi connectivity index (χ4n) is 3.87. The van der Waals surface area contributed by atoms with Crippen molar-refractivity contribution in [3.63, 3.8) is 0 Å². The number of allylic oxidation sites excluding steroid dienone is 4. The molecule has 0 aromatic heterocycles. The van der Waals surface area contributed by atoms with Crippen LogP contribution in [0.15, 0.2) is 23.8 Å². The van der Waals surface area contributed by atoms with Gasteiger partial charge in [0.25, 0.3) is 0 Å². The lowest BCUT2D eigenvalue weighted by molar-refractivity contribution is 0.304. The summed E-state index contributed by atoms with van der Waals surface area (Å²) in [6, 6.07) is 0. The van der Waals surface area contributed by atoms with Gasteiger partial charge in [-0.05, 0) is 42.9 Å². The minimum absolute atomic E-state index is 0.534. The van der Waals surface area contributed by atoms with Crippen LogP contribution in [0.2, 0.25) is 0 Å². The van der Waals surface area contributed by atoms with Crippen molar-refractivity contribution in [3.05, 3.63) is 23.8 Å². The van der Waals surface area contributed by atoms with Crippen LogP contribution in [0.4, 0.5) is 0 Å². The maximum Gasteiger partial charge on any atom is -0.00724 e. The van der Waals surface area contributed by atoms with E-state index in [2.05, 4.69) is 32.1 Å². The molecule has 0 aromatic carbocycles. The molecular weight excluding hydrogens is 144 g/mol. The molecule has 0 saturated heterocycles. The summed E-state index contributed by atoms with van der Waals surface area (Å²) >= 11 is 0. The van der Waals surface area contributed by atoms with Gasteiger partial charge in [0.2, 0.25) is 0 Å². The third kappa shape index (κ3) is 0.608. The van der Waals surface area contributed by atoms with Gasteiger partial charge in [-0.15, -0.1) is 0 Å². The van der Waals surface area contributed by atoms with Crippen molar-refractivity contribution in [2.24, 2.45) is 23.2 Å². The summed E-state index contributed by atoms with van der Waals surface area (Å²) in [7, 11) is 0. The minimum atomic E-state index is 0.534. The average Bonchev–Trinajstić information content (AvgIpc) is 2.61. The third-order valence-corrected chi connectivity index (χ3v) is 4.29. The van der Waals surface area contributed by atoms with Crippen molar-refractivity contribution < 1.29 is 0 Å². The molecule has 0 heterocycles. The van der Waals surface area contributed by atoms with Crippen LogP contribution in [-0.4, -0.2) is 0 Å². The molecule has 1 fully saturated rings. The molecule has 3 rings (SSSR count). The first-order valence-electron chi connectivity index (χ1n) is 5.07. The second-order valence-corrected chi connectivity index (χ2v) is 5.06. The first-order chi connectivity index (χ1) is 5.71. The summed E-state index contributed by atoms with van der Waals surface area (Å²) in [5.74, 6) is 2.78. The van der Waals surface area contributed by atoms with Crippen molar-refractivity contribution in [1.82, 2.24) is 0 Å². The molecular formula is C12H16. The Morgan fingerprint density at radius 1 is 1.50 bits per heavy atom. The first kappa shape index (κ1) is 6.94. The van der Waals surface area contributed by atoms with Crippen LogP contribution in [0.1, 0.15) is 26.7 Å². The Balaban J connectivity index is 2.09. The number of fused-ring (bicyclic) bond motifs is 5. The Bertz CT molecular complexity index is 284. The van der Waals surface area contributed by atoms with Crippen molar-refractivity contribution in [2.75, 3.05) is 0 Å². The van der Waals surface area contributed by atoms with Crippen LogP contribution < -0.4 is 0 Å². The summed E-state index contributed by atoms with van der Waals surface area (Å²) in [6.07, 6.45) is 10.2. The predicted molar refractivity (Wildman–Crippen MR) is 50.7 cm³/mol. The van der Waals surface area contributed by atoms with Crippen molar-refractivity contribution in [3.8, 4) is 0 Å². The molecule has 64 valence electrons. The molecule has 0 nitrogen and oxygen atoms in total. The van der Waals surface area contributed by atoms with Gasteiger partial charge in [-0.2, -0.15) is 0 Å². The van der Waals surface area contributed by atoms with Gasteiger partial charge in [-0.3, -0.25) is 0 Å². The summed E-state index contributed by atoms with van der Waals surface area (Å²) in [5.41, 5.74) is 2.20. The van der Waals surface area contributed by atoms with Crippen LogP contribution in [0.3, 0.4) is 0 Å². The van der Waals surface area contributed by atoms with Crippen molar-refractivity contribution in [2.45, 2.75) is 26.7 Å². The lowest BCUT2D eigenvalue weighted by atomic mass is 9.74. The van der Waals surface area contributed by atoms with Crippen LogP contribution in [-0.2, 0) is 0 Å². The zero-order chi connectivity index (χ0) is 8.34. The fraction of sp³-hybridized carbons (Fsp3) is 0.667. The van der Waals surface area contributed by atoms with E-state index in [0.29, 0.717) is 5.41 Å². The SMILES string of the molecule is CC1=CCC2C3C=CC(C)(C3)C12. The van der Waals surface area contributed by atoms with Crippen molar-refractivity contribution >= 4 is 0 Å². The Morgan fingerprint density at radius 2 is 2.33 bits per heavy atom. The molecule has 0 aliphatic heterocycles. The molecule has 2 bridgehead atoms. The highest BCUT2D eigenvalue weighted by atomic mass is 14.6. The number of hydrogen-bond donors (Lipinski definition) is 0. The third-order valence-electron chi connectivity index (χ3n) is 4.29. The topological polar surface area (TPSA) is 0 Å². The molecule has 0 spiro atoms. The largest absolute Gasteiger partial charge is 0.0850 e. The van der Waals surface area contributed by atoms with E-state index in [1.54, 1.807) is 5.57 Å². The van der Waals surface area contributed by atoms with Crippen LogP contribution in [0, 0.1) is 23.2 Å². The zero-order valence-corrected chi connectivity index (χ0v) is 7.88. The van der Waals surface area contributed by atoms with Gasteiger partial charge in [-0.25, -0.2) is 0 Å². The van der Waals surface area contributed by atoms with E-state index in [4.69, 9.17) is 0 Å². The Kier molecular flexibility index (Phi) is 1.08. The summed E-state index contributed by atoms with van der Waals surface area (Å²) in [6.45, 7) is 4.77. The van der Waals surface area contributed by atoms with E-state index < -0.39 is 0 Å². The second-order valence-electron chi connectivity index (χ2n) is 5.06. The average molecular weight is 160 g/mol. The highest BCUT2D eigenvalue weighted by Crippen LogP contribution is 2.62. The minimum Gasteiger partial charge on any atom is -0.0850 e. The van der Waals surface area contributed by atoms with E-state index in [0.717, 1.165) is 17.8 Å². The van der Waals surface area contributed by atoms with Gasteiger partial charge in [0.1, 0.15) is 0 Å². The monoisotopic (exact) mass is 160 g/mol. The zero-order valence-electron chi connectivity index (χ0n) is 7.88. The molecule has 12 heavy (non-hydrogen) atoms. The van der Waals surface area contributed by atoms with E-state index in [1.165, 1.54) is 12.8 Å². The van der Waals surface area contributed by atoms with Crippen LogP contribution in [0.25, 0.3) is 0 Å². The number of hydrogen-bond acceptors (Lipinski definition) is 0. The molecule has 0 heteroatoms. The normalized spacial score (nSPS) is 54.5. The Hall–Kier alpha value is -0.520. The van der Waals surface area contributed by atoms with Gasteiger partial charge < -0.3 is 0 Å². The van der Waals surface area contributed by atoms with Crippen molar-refractivity contribution in [1.29, 1.82) is 0 Å². The van der Waals surface area contributed by atoms with E-state index in [1.807, 2.05) is 0 Å². The van der Waals surface area contributed by atoms with Crippen LogP contribution in [0.5, 0.6) is 0 Å². The van der Waals surface area contributed by atoms with Gasteiger partial charge in [0, 0.05) is 0 Å². The highest BCUT2D eigenvalue weighted by Gasteiger charge is 2.53. The molecule has 4 unspecified atom stereocenters. The van der Waals surface area contributed by atoms with Crippen LogP contribution >= 0.6 is 0 Å². The van der Waals surface area contributed by atoms with E-state index in [9.17, 15) is 0 Å². The molecule has 0 radical (unpaired) electrons. The first-order valence-corrected chi connectivity index (χ1v) is 5.07. The van der Waals surface area contributed by atoms with E-state index >= 15 is 0 Å². The maximum atomic E-state index is 2.47.